The second-order valence-corrected chi connectivity index (χ2v) is 4.99. The molecule has 1 unspecified atom stereocenters. The molecule has 0 aliphatic heterocycles. The van der Waals surface area contributed by atoms with Crippen LogP contribution in [0.1, 0.15) is 13.3 Å². The minimum absolute atomic E-state index is 0.295. The SMILES string of the molecule is CCC(CSC)Nc1nc(NN)nc(-n2cccn2)n1. The number of rotatable bonds is 7. The summed E-state index contributed by atoms with van der Waals surface area (Å²) in [6.07, 6.45) is 6.47. The number of hydrogen-bond donors (Lipinski definition) is 3. The second kappa shape index (κ2) is 7.06. The maximum Gasteiger partial charge on any atom is 0.257 e. The largest absolute Gasteiger partial charge is 0.350 e. The molecular formula is C11H18N8S. The van der Waals surface area contributed by atoms with E-state index in [1.54, 1.807) is 34.9 Å². The third kappa shape index (κ3) is 3.58. The number of nitrogen functional groups attached to an aromatic ring is 1. The van der Waals surface area contributed by atoms with Crippen LogP contribution >= 0.6 is 11.8 Å². The molecule has 9 heteroatoms. The van der Waals surface area contributed by atoms with Crippen molar-refractivity contribution in [3.05, 3.63) is 18.5 Å². The molecule has 4 N–H and O–H groups in total. The average Bonchev–Trinajstić information content (AvgIpc) is 3.00. The molecule has 0 aliphatic rings. The van der Waals surface area contributed by atoms with Crippen LogP contribution in [0.4, 0.5) is 11.9 Å². The molecule has 2 aromatic rings. The van der Waals surface area contributed by atoms with Gasteiger partial charge in [-0.05, 0) is 18.7 Å². The fraction of sp³-hybridized carbons (Fsp3) is 0.455. The van der Waals surface area contributed by atoms with E-state index in [9.17, 15) is 0 Å². The number of aromatic nitrogens is 5. The molecule has 108 valence electrons. The van der Waals surface area contributed by atoms with E-state index in [2.05, 4.69) is 44.0 Å². The molecule has 0 spiro atoms. The van der Waals surface area contributed by atoms with Crippen molar-refractivity contribution in [1.29, 1.82) is 0 Å². The second-order valence-electron chi connectivity index (χ2n) is 4.08. The summed E-state index contributed by atoms with van der Waals surface area (Å²) in [5.74, 6) is 7.58. The molecule has 0 radical (unpaired) electrons. The van der Waals surface area contributed by atoms with Crippen molar-refractivity contribution in [2.45, 2.75) is 19.4 Å². The van der Waals surface area contributed by atoms with Gasteiger partial charge in [0, 0.05) is 24.2 Å². The Labute approximate surface area is 121 Å². The predicted octanol–water partition coefficient (Wildman–Crippen LogP) is 0.896. The molecule has 0 saturated heterocycles. The van der Waals surface area contributed by atoms with Gasteiger partial charge in [0.05, 0.1) is 0 Å². The Bertz CT molecular complexity index is 529. The van der Waals surface area contributed by atoms with Crippen molar-refractivity contribution in [3.63, 3.8) is 0 Å². The number of nitrogens with one attached hydrogen (secondary N) is 2. The molecule has 2 aromatic heterocycles. The Hall–Kier alpha value is -1.87. The van der Waals surface area contributed by atoms with Crippen LogP contribution in [0.5, 0.6) is 0 Å². The summed E-state index contributed by atoms with van der Waals surface area (Å²) in [4.78, 5) is 12.7. The smallest absolute Gasteiger partial charge is 0.257 e. The Kier molecular flexibility index (Phi) is 5.13. The fourth-order valence-corrected chi connectivity index (χ4v) is 2.35. The normalized spacial score (nSPS) is 12.2. The lowest BCUT2D eigenvalue weighted by atomic mass is 10.3. The summed E-state index contributed by atoms with van der Waals surface area (Å²) in [6, 6.07) is 2.10. The van der Waals surface area contributed by atoms with Crippen molar-refractivity contribution in [1.82, 2.24) is 24.7 Å². The predicted molar refractivity (Wildman–Crippen MR) is 80.8 cm³/mol. The van der Waals surface area contributed by atoms with Crippen LogP contribution in [0.25, 0.3) is 5.95 Å². The summed E-state index contributed by atoms with van der Waals surface area (Å²) < 4.78 is 1.56. The third-order valence-electron chi connectivity index (χ3n) is 2.66. The van der Waals surface area contributed by atoms with Crippen LogP contribution < -0.4 is 16.6 Å². The van der Waals surface area contributed by atoms with Crippen molar-refractivity contribution in [3.8, 4) is 5.95 Å². The van der Waals surface area contributed by atoms with Gasteiger partial charge in [-0.25, -0.2) is 10.5 Å². The highest BCUT2D eigenvalue weighted by molar-refractivity contribution is 7.98. The van der Waals surface area contributed by atoms with Gasteiger partial charge in [0.15, 0.2) is 0 Å². The van der Waals surface area contributed by atoms with Gasteiger partial charge in [-0.3, -0.25) is 5.43 Å². The van der Waals surface area contributed by atoms with Crippen molar-refractivity contribution in [2.24, 2.45) is 5.84 Å². The quantitative estimate of drug-likeness (QED) is 0.511. The van der Waals surface area contributed by atoms with Gasteiger partial charge in [-0.2, -0.15) is 31.8 Å². The van der Waals surface area contributed by atoms with E-state index < -0.39 is 0 Å². The van der Waals surface area contributed by atoms with E-state index in [0.717, 1.165) is 12.2 Å². The summed E-state index contributed by atoms with van der Waals surface area (Å²) in [5, 5.41) is 7.39. The number of hydrazine groups is 1. The van der Waals surface area contributed by atoms with Gasteiger partial charge in [0.1, 0.15) is 0 Å². The number of thioether (sulfide) groups is 1. The van der Waals surface area contributed by atoms with Gasteiger partial charge in [-0.15, -0.1) is 0 Å². The molecule has 0 bridgehead atoms. The zero-order valence-electron chi connectivity index (χ0n) is 11.4. The fourth-order valence-electron chi connectivity index (χ4n) is 1.63. The van der Waals surface area contributed by atoms with Crippen LogP contribution in [0.3, 0.4) is 0 Å². The maximum absolute atomic E-state index is 5.40. The molecule has 0 fully saturated rings. The minimum Gasteiger partial charge on any atom is -0.350 e. The Morgan fingerprint density at radius 2 is 2.15 bits per heavy atom. The number of anilines is 2. The lowest BCUT2D eigenvalue weighted by Gasteiger charge is -2.16. The van der Waals surface area contributed by atoms with E-state index in [-0.39, 0.29) is 0 Å². The first kappa shape index (κ1) is 14.5. The summed E-state index contributed by atoms with van der Waals surface area (Å²) >= 11 is 1.77. The highest BCUT2D eigenvalue weighted by atomic mass is 32.2. The Morgan fingerprint density at radius 1 is 1.35 bits per heavy atom. The van der Waals surface area contributed by atoms with Crippen molar-refractivity contribution in [2.75, 3.05) is 22.8 Å². The number of nitrogens with zero attached hydrogens (tertiary/aromatic N) is 5. The van der Waals surface area contributed by atoms with Crippen LogP contribution in [-0.2, 0) is 0 Å². The van der Waals surface area contributed by atoms with E-state index >= 15 is 0 Å². The highest BCUT2D eigenvalue weighted by Gasteiger charge is 2.11. The van der Waals surface area contributed by atoms with Crippen molar-refractivity contribution >= 4 is 23.7 Å². The lowest BCUT2D eigenvalue weighted by Crippen LogP contribution is -2.24. The van der Waals surface area contributed by atoms with Crippen LogP contribution in [0.2, 0.25) is 0 Å². The molecule has 2 heterocycles. The van der Waals surface area contributed by atoms with Gasteiger partial charge in [-0.1, -0.05) is 6.92 Å². The standard InChI is InChI=1S/C11H18N8S/c1-3-8(7-20-2)14-9-15-10(18-12)17-11(16-9)19-6-4-5-13-19/h4-6,8H,3,7,12H2,1-2H3,(H2,14,15,16,17,18). The van der Waals surface area contributed by atoms with Gasteiger partial charge >= 0.3 is 0 Å². The Balaban J connectivity index is 2.26. The highest BCUT2D eigenvalue weighted by Crippen LogP contribution is 2.11. The number of nitrogens with two attached hydrogens (primary N) is 1. The molecule has 2 rings (SSSR count). The third-order valence-corrected chi connectivity index (χ3v) is 3.39. The van der Waals surface area contributed by atoms with Gasteiger partial charge in [0.2, 0.25) is 11.9 Å². The lowest BCUT2D eigenvalue weighted by molar-refractivity contribution is 0.748. The molecule has 0 saturated carbocycles. The molecule has 0 aliphatic carbocycles. The summed E-state index contributed by atoms with van der Waals surface area (Å²) in [7, 11) is 0. The Morgan fingerprint density at radius 3 is 2.75 bits per heavy atom. The average molecular weight is 294 g/mol. The van der Waals surface area contributed by atoms with E-state index in [0.29, 0.717) is 23.9 Å². The zero-order chi connectivity index (χ0) is 14.4. The van der Waals surface area contributed by atoms with Crippen LogP contribution in [0.15, 0.2) is 18.5 Å². The first-order valence-corrected chi connectivity index (χ1v) is 7.64. The summed E-state index contributed by atoms with van der Waals surface area (Å²) in [5.41, 5.74) is 2.44. The monoisotopic (exact) mass is 294 g/mol. The molecule has 20 heavy (non-hydrogen) atoms. The van der Waals surface area contributed by atoms with Crippen LogP contribution in [-0.4, -0.2) is 42.8 Å². The molecule has 1 atom stereocenters. The van der Waals surface area contributed by atoms with Gasteiger partial charge in [0.25, 0.3) is 5.95 Å². The molecule has 0 amide bonds. The minimum atomic E-state index is 0.295. The topological polar surface area (TPSA) is 107 Å². The van der Waals surface area contributed by atoms with E-state index in [4.69, 9.17) is 5.84 Å². The first-order valence-electron chi connectivity index (χ1n) is 6.25. The van der Waals surface area contributed by atoms with E-state index in [1.165, 1.54) is 0 Å². The van der Waals surface area contributed by atoms with Gasteiger partial charge < -0.3 is 5.32 Å². The van der Waals surface area contributed by atoms with E-state index in [1.807, 2.05) is 0 Å². The maximum atomic E-state index is 5.40. The molecule has 8 nitrogen and oxygen atoms in total. The summed E-state index contributed by atoms with van der Waals surface area (Å²) in [6.45, 7) is 2.12. The molecular weight excluding hydrogens is 276 g/mol. The first-order chi connectivity index (χ1) is 9.76. The van der Waals surface area contributed by atoms with Crippen LogP contribution in [0, 0.1) is 0 Å². The van der Waals surface area contributed by atoms with Crippen molar-refractivity contribution < 1.29 is 0 Å². The zero-order valence-corrected chi connectivity index (χ0v) is 12.3. The number of hydrogen-bond acceptors (Lipinski definition) is 8. The molecule has 0 aromatic carbocycles.